The van der Waals surface area contributed by atoms with Crippen LogP contribution in [0.5, 0.6) is 0 Å². The maximum atomic E-state index is 14.0. The summed E-state index contributed by atoms with van der Waals surface area (Å²) in [5, 5.41) is 9.95. The normalized spacial score (nSPS) is 36.9. The molecule has 1 unspecified atom stereocenters. The molecule has 5 rings (SSSR count). The molecule has 0 radical (unpaired) electrons. The lowest BCUT2D eigenvalue weighted by Crippen LogP contribution is -2.58. The average molecular weight is 475 g/mol. The van der Waals surface area contributed by atoms with Gasteiger partial charge in [0.25, 0.3) is 0 Å². The van der Waals surface area contributed by atoms with Gasteiger partial charge < -0.3 is 29.3 Å². The molecule has 0 aromatic carbocycles. The smallest absolute Gasteiger partial charge is 0.249 e. The minimum atomic E-state index is -1.24. The number of hydrogen-bond acceptors (Lipinski definition) is 7. The van der Waals surface area contributed by atoms with Crippen molar-refractivity contribution in [3.8, 4) is 0 Å². The first-order chi connectivity index (χ1) is 16.4. The van der Waals surface area contributed by atoms with E-state index >= 15 is 0 Å². The molecule has 3 amide bonds. The van der Waals surface area contributed by atoms with Crippen LogP contribution >= 0.6 is 0 Å². The van der Waals surface area contributed by atoms with Crippen molar-refractivity contribution >= 4 is 17.7 Å². The molecule has 1 spiro atoms. The molecular formula is C24H34N4O6. The molecule has 0 aromatic heterocycles. The Morgan fingerprint density at radius 2 is 1.85 bits per heavy atom. The van der Waals surface area contributed by atoms with Crippen molar-refractivity contribution in [2.24, 2.45) is 11.8 Å². The number of ether oxygens (including phenoxy) is 2. The lowest BCUT2D eigenvalue weighted by molar-refractivity contribution is -0.150. The number of amides is 3. The highest BCUT2D eigenvalue weighted by molar-refractivity contribution is 6.00. The molecule has 186 valence electrons. The van der Waals surface area contributed by atoms with Crippen LogP contribution in [0.4, 0.5) is 0 Å². The molecule has 6 atom stereocenters. The van der Waals surface area contributed by atoms with Crippen molar-refractivity contribution in [2.75, 3.05) is 66.1 Å². The fraction of sp³-hybridized carbons (Fsp3) is 0.708. The SMILES string of the molecule is C[C@H](CO)N1C(=O)[C@@H]2[C@H]3C(=O)N(C)CC=C[C@H]3O[C@@]23C=CCN(CCN2CCOCC2)C(=O)C13. The van der Waals surface area contributed by atoms with Gasteiger partial charge in [0.1, 0.15) is 11.6 Å². The van der Waals surface area contributed by atoms with Gasteiger partial charge in [0.15, 0.2) is 0 Å². The number of aliphatic hydroxyl groups is 1. The fourth-order valence-electron chi connectivity index (χ4n) is 6.10. The van der Waals surface area contributed by atoms with E-state index in [0.29, 0.717) is 39.4 Å². The molecular weight excluding hydrogens is 440 g/mol. The first-order valence-electron chi connectivity index (χ1n) is 12.2. The van der Waals surface area contributed by atoms with Crippen LogP contribution < -0.4 is 0 Å². The molecule has 3 saturated heterocycles. The number of fused-ring (bicyclic) bond motifs is 2. The number of rotatable bonds is 5. The summed E-state index contributed by atoms with van der Waals surface area (Å²) in [6.45, 7) is 6.57. The van der Waals surface area contributed by atoms with Gasteiger partial charge in [-0.05, 0) is 6.92 Å². The molecule has 5 aliphatic rings. The molecule has 34 heavy (non-hydrogen) atoms. The summed E-state index contributed by atoms with van der Waals surface area (Å²) in [6.07, 6.45) is 6.89. The number of hydrogen-bond donors (Lipinski definition) is 1. The summed E-state index contributed by atoms with van der Waals surface area (Å²) in [5.41, 5.74) is -1.24. The maximum Gasteiger partial charge on any atom is 0.249 e. The molecule has 10 heteroatoms. The third-order valence-corrected chi connectivity index (χ3v) is 7.91. The largest absolute Gasteiger partial charge is 0.394 e. The van der Waals surface area contributed by atoms with Crippen LogP contribution in [-0.2, 0) is 23.9 Å². The zero-order valence-electron chi connectivity index (χ0n) is 19.8. The summed E-state index contributed by atoms with van der Waals surface area (Å²) >= 11 is 0. The lowest BCUT2D eigenvalue weighted by Gasteiger charge is -2.38. The average Bonchev–Trinajstić information content (AvgIpc) is 3.18. The van der Waals surface area contributed by atoms with E-state index in [4.69, 9.17) is 9.47 Å². The minimum absolute atomic E-state index is 0.156. The summed E-state index contributed by atoms with van der Waals surface area (Å²) < 4.78 is 11.9. The van der Waals surface area contributed by atoms with Crippen molar-refractivity contribution in [3.63, 3.8) is 0 Å². The quantitative estimate of drug-likeness (QED) is 0.495. The third kappa shape index (κ3) is 3.59. The molecule has 0 aliphatic carbocycles. The van der Waals surface area contributed by atoms with Gasteiger partial charge in [0, 0.05) is 46.3 Å². The first kappa shape index (κ1) is 23.5. The number of aliphatic hydroxyl groups excluding tert-OH is 1. The topological polar surface area (TPSA) is 103 Å². The van der Waals surface area contributed by atoms with Gasteiger partial charge in [-0.2, -0.15) is 0 Å². The third-order valence-electron chi connectivity index (χ3n) is 7.91. The van der Waals surface area contributed by atoms with E-state index in [1.807, 2.05) is 24.3 Å². The molecule has 1 N–H and O–H groups in total. The van der Waals surface area contributed by atoms with Gasteiger partial charge >= 0.3 is 0 Å². The molecule has 3 fully saturated rings. The van der Waals surface area contributed by atoms with Gasteiger partial charge in [0.05, 0.1) is 43.8 Å². The van der Waals surface area contributed by atoms with Crippen LogP contribution in [-0.4, -0.2) is 132 Å². The summed E-state index contributed by atoms with van der Waals surface area (Å²) in [7, 11) is 1.71. The van der Waals surface area contributed by atoms with Crippen molar-refractivity contribution < 1.29 is 29.0 Å². The standard InChI is InChI=1S/C24H34N4O6/c1-16(15-29)28-20-23(32)27(10-9-26-11-13-33-14-12-26)8-4-6-24(20)19(22(28)31)18-17(34-24)5-3-7-25(2)21(18)30/h3-6,16-20,29H,7-15H2,1-2H3/t16-,17-,18+,19+,20?,24+/m1/s1. The minimum Gasteiger partial charge on any atom is -0.394 e. The van der Waals surface area contributed by atoms with Gasteiger partial charge in [-0.1, -0.05) is 24.3 Å². The van der Waals surface area contributed by atoms with Gasteiger partial charge in [-0.3, -0.25) is 19.3 Å². The maximum absolute atomic E-state index is 14.0. The Morgan fingerprint density at radius 3 is 2.59 bits per heavy atom. The molecule has 0 saturated carbocycles. The summed E-state index contributed by atoms with van der Waals surface area (Å²) in [5.74, 6) is -2.17. The molecule has 0 bridgehead atoms. The molecule has 5 heterocycles. The van der Waals surface area contributed by atoms with Crippen LogP contribution in [0.2, 0.25) is 0 Å². The zero-order chi connectivity index (χ0) is 24.0. The Kier molecular flexibility index (Phi) is 6.26. The second-order valence-corrected chi connectivity index (χ2v) is 9.91. The Morgan fingerprint density at radius 1 is 1.09 bits per heavy atom. The van der Waals surface area contributed by atoms with Crippen LogP contribution in [0.1, 0.15) is 6.92 Å². The highest BCUT2D eigenvalue weighted by atomic mass is 16.5. The second kappa shape index (κ2) is 9.07. The monoisotopic (exact) mass is 474 g/mol. The van der Waals surface area contributed by atoms with Crippen LogP contribution in [0, 0.1) is 11.8 Å². The van der Waals surface area contributed by atoms with Gasteiger partial charge in [0.2, 0.25) is 17.7 Å². The number of nitrogens with zero attached hydrogens (tertiary/aromatic N) is 4. The number of morpholine rings is 1. The molecule has 5 aliphatic heterocycles. The van der Waals surface area contributed by atoms with Crippen LogP contribution in [0.15, 0.2) is 24.3 Å². The highest BCUT2D eigenvalue weighted by Gasteiger charge is 2.72. The summed E-state index contributed by atoms with van der Waals surface area (Å²) in [6, 6.07) is -1.50. The Labute approximate surface area is 199 Å². The Hall–Kier alpha value is -2.27. The Balaban J connectivity index is 1.49. The number of likely N-dealkylation sites (N-methyl/N-ethyl adjacent to an activating group) is 1. The lowest BCUT2D eigenvalue weighted by atomic mass is 9.77. The summed E-state index contributed by atoms with van der Waals surface area (Å²) in [4.78, 5) is 48.3. The fourth-order valence-corrected chi connectivity index (χ4v) is 6.10. The first-order valence-corrected chi connectivity index (χ1v) is 12.2. The van der Waals surface area contributed by atoms with E-state index in [-0.39, 0.29) is 24.3 Å². The van der Waals surface area contributed by atoms with E-state index in [0.717, 1.165) is 13.1 Å². The predicted molar refractivity (Wildman–Crippen MR) is 122 cm³/mol. The number of likely N-dealkylation sites (tertiary alicyclic amines) is 1. The highest BCUT2D eigenvalue weighted by Crippen LogP contribution is 2.53. The molecule has 10 nitrogen and oxygen atoms in total. The van der Waals surface area contributed by atoms with E-state index in [2.05, 4.69) is 4.90 Å². The van der Waals surface area contributed by atoms with E-state index < -0.39 is 35.6 Å². The van der Waals surface area contributed by atoms with Crippen LogP contribution in [0.3, 0.4) is 0 Å². The van der Waals surface area contributed by atoms with E-state index in [9.17, 15) is 19.5 Å². The van der Waals surface area contributed by atoms with Crippen molar-refractivity contribution in [1.82, 2.24) is 19.6 Å². The van der Waals surface area contributed by atoms with Crippen LogP contribution in [0.25, 0.3) is 0 Å². The van der Waals surface area contributed by atoms with Crippen molar-refractivity contribution in [1.29, 1.82) is 0 Å². The van der Waals surface area contributed by atoms with Gasteiger partial charge in [-0.25, -0.2) is 0 Å². The second-order valence-electron chi connectivity index (χ2n) is 9.91. The Bertz CT molecular complexity index is 902. The zero-order valence-corrected chi connectivity index (χ0v) is 19.8. The number of carbonyl (C=O) groups is 3. The van der Waals surface area contributed by atoms with Crippen molar-refractivity contribution in [3.05, 3.63) is 24.3 Å². The van der Waals surface area contributed by atoms with E-state index in [1.165, 1.54) is 4.90 Å². The van der Waals surface area contributed by atoms with Crippen molar-refractivity contribution in [2.45, 2.75) is 30.7 Å². The molecule has 0 aromatic rings. The van der Waals surface area contributed by atoms with E-state index in [1.54, 1.807) is 23.8 Å². The number of carbonyl (C=O) groups excluding carboxylic acids is 3. The van der Waals surface area contributed by atoms with Gasteiger partial charge in [-0.15, -0.1) is 0 Å². The predicted octanol–water partition coefficient (Wildman–Crippen LogP) is -1.29.